The number of aliphatic hydroxyl groups excluding tert-OH is 2. The lowest BCUT2D eigenvalue weighted by Gasteiger charge is -2.21. The van der Waals surface area contributed by atoms with Crippen LogP contribution in [-0.4, -0.2) is 46.7 Å². The maximum absolute atomic E-state index is 10.5. The van der Waals surface area contributed by atoms with Gasteiger partial charge in [-0.05, 0) is 25.2 Å². The Kier molecular flexibility index (Phi) is 25.0. The highest BCUT2D eigenvalue weighted by Crippen LogP contribution is 2.19. The lowest BCUT2D eigenvalue weighted by molar-refractivity contribution is -0.137. The van der Waals surface area contributed by atoms with Crippen molar-refractivity contribution in [2.24, 2.45) is 5.92 Å². The first-order chi connectivity index (χ1) is 16.5. The molecular formula is C29H58O5. The quantitative estimate of drug-likeness (QED) is 0.104. The molecule has 0 aliphatic heterocycles. The number of unbranched alkanes of at least 4 members (excludes halogenated alkanes) is 14. The van der Waals surface area contributed by atoms with Crippen LogP contribution in [0.2, 0.25) is 0 Å². The molecule has 3 unspecified atom stereocenters. The molecule has 0 heterocycles. The van der Waals surface area contributed by atoms with E-state index < -0.39 is 18.2 Å². The van der Waals surface area contributed by atoms with Crippen LogP contribution >= 0.6 is 0 Å². The maximum Gasteiger partial charge on any atom is 0.303 e. The summed E-state index contributed by atoms with van der Waals surface area (Å²) in [4.78, 5) is 10.5. The lowest BCUT2D eigenvalue weighted by Crippen LogP contribution is -2.32. The number of ether oxygens (including phenoxy) is 1. The average Bonchev–Trinajstić information content (AvgIpc) is 2.81. The summed E-state index contributed by atoms with van der Waals surface area (Å²) in [6, 6.07) is 0. The summed E-state index contributed by atoms with van der Waals surface area (Å²) in [6.07, 6.45) is 23.1. The summed E-state index contributed by atoms with van der Waals surface area (Å²) in [7, 11) is 0. The number of rotatable bonds is 27. The molecule has 5 heteroatoms. The van der Waals surface area contributed by atoms with E-state index in [1.165, 1.54) is 89.9 Å². The maximum atomic E-state index is 10.5. The molecule has 0 fully saturated rings. The molecule has 3 N–H and O–H groups in total. The van der Waals surface area contributed by atoms with E-state index in [0.29, 0.717) is 19.4 Å². The smallest absolute Gasteiger partial charge is 0.303 e. The van der Waals surface area contributed by atoms with Crippen LogP contribution in [0.15, 0.2) is 0 Å². The Morgan fingerprint density at radius 2 is 1.18 bits per heavy atom. The second-order valence-corrected chi connectivity index (χ2v) is 10.4. The molecule has 0 aromatic heterocycles. The predicted molar refractivity (Wildman–Crippen MR) is 142 cm³/mol. The van der Waals surface area contributed by atoms with Crippen LogP contribution in [0.1, 0.15) is 149 Å². The number of carbonyl (C=O) groups is 1. The van der Waals surface area contributed by atoms with Gasteiger partial charge >= 0.3 is 5.97 Å². The van der Waals surface area contributed by atoms with Crippen molar-refractivity contribution in [2.45, 2.75) is 161 Å². The van der Waals surface area contributed by atoms with E-state index in [9.17, 15) is 15.0 Å². The van der Waals surface area contributed by atoms with E-state index in [0.717, 1.165) is 31.6 Å². The van der Waals surface area contributed by atoms with E-state index in [2.05, 4.69) is 13.8 Å². The fraction of sp³-hybridized carbons (Fsp3) is 0.966. The van der Waals surface area contributed by atoms with E-state index in [4.69, 9.17) is 9.84 Å². The highest BCUT2D eigenvalue weighted by atomic mass is 16.5. The fourth-order valence-corrected chi connectivity index (χ4v) is 4.59. The zero-order valence-electron chi connectivity index (χ0n) is 22.7. The topological polar surface area (TPSA) is 87.0 Å². The van der Waals surface area contributed by atoms with Gasteiger partial charge in [0.2, 0.25) is 0 Å². The third kappa shape index (κ3) is 23.1. The molecule has 0 saturated heterocycles. The zero-order chi connectivity index (χ0) is 25.3. The van der Waals surface area contributed by atoms with Gasteiger partial charge in [0.1, 0.15) is 6.10 Å². The third-order valence-corrected chi connectivity index (χ3v) is 6.97. The highest BCUT2D eigenvalue weighted by Gasteiger charge is 2.18. The molecule has 3 atom stereocenters. The Labute approximate surface area is 211 Å². The molecule has 0 aromatic rings. The Morgan fingerprint density at radius 3 is 1.68 bits per heavy atom. The first kappa shape index (κ1) is 33.4. The van der Waals surface area contributed by atoms with Crippen molar-refractivity contribution in [3.05, 3.63) is 0 Å². The molecule has 0 rings (SSSR count). The van der Waals surface area contributed by atoms with E-state index >= 15 is 0 Å². The van der Waals surface area contributed by atoms with Gasteiger partial charge in [-0.1, -0.05) is 123 Å². The van der Waals surface area contributed by atoms with Crippen molar-refractivity contribution in [2.75, 3.05) is 13.2 Å². The van der Waals surface area contributed by atoms with Crippen molar-refractivity contribution in [1.82, 2.24) is 0 Å². The van der Waals surface area contributed by atoms with Crippen molar-refractivity contribution in [3.8, 4) is 0 Å². The summed E-state index contributed by atoms with van der Waals surface area (Å²) in [6.45, 7) is 4.99. The van der Waals surface area contributed by atoms with E-state index in [1.807, 2.05) is 0 Å². The average molecular weight is 487 g/mol. The van der Waals surface area contributed by atoms with Gasteiger partial charge in [0, 0.05) is 13.0 Å². The second kappa shape index (κ2) is 25.4. The molecule has 34 heavy (non-hydrogen) atoms. The van der Waals surface area contributed by atoms with Gasteiger partial charge in [-0.2, -0.15) is 0 Å². The van der Waals surface area contributed by atoms with Crippen LogP contribution in [0.4, 0.5) is 0 Å². The molecule has 0 aliphatic carbocycles. The minimum Gasteiger partial charge on any atom is -0.481 e. The standard InChI is InChI=1S/C29H58O5/c1-3-4-5-15-20-26(2)21-16-12-10-8-6-7-9-11-13-17-22-27(31)28(25-30)34-24-19-14-18-23-29(32)33/h26-28,30-31H,3-25H2,1-2H3,(H,32,33). The summed E-state index contributed by atoms with van der Waals surface area (Å²) >= 11 is 0. The molecular weight excluding hydrogens is 428 g/mol. The largest absolute Gasteiger partial charge is 0.481 e. The number of hydrogen-bond donors (Lipinski definition) is 3. The summed E-state index contributed by atoms with van der Waals surface area (Å²) < 4.78 is 5.60. The molecule has 0 radical (unpaired) electrons. The van der Waals surface area contributed by atoms with Gasteiger partial charge in [-0.25, -0.2) is 0 Å². The van der Waals surface area contributed by atoms with E-state index in [1.54, 1.807) is 0 Å². The monoisotopic (exact) mass is 486 g/mol. The van der Waals surface area contributed by atoms with Gasteiger partial charge in [0.05, 0.1) is 12.7 Å². The number of carboxylic acid groups (broad SMARTS) is 1. The van der Waals surface area contributed by atoms with Crippen molar-refractivity contribution >= 4 is 5.97 Å². The summed E-state index contributed by atoms with van der Waals surface area (Å²) in [5.41, 5.74) is 0. The fourth-order valence-electron chi connectivity index (χ4n) is 4.59. The van der Waals surface area contributed by atoms with Gasteiger partial charge in [0.15, 0.2) is 0 Å². The molecule has 0 saturated carbocycles. The third-order valence-electron chi connectivity index (χ3n) is 6.97. The lowest BCUT2D eigenvalue weighted by atomic mass is 9.96. The van der Waals surface area contributed by atoms with Gasteiger partial charge in [-0.15, -0.1) is 0 Å². The summed E-state index contributed by atoms with van der Waals surface area (Å²) in [5, 5.41) is 28.4. The first-order valence-corrected chi connectivity index (χ1v) is 14.6. The Balaban J connectivity index is 3.44. The van der Waals surface area contributed by atoms with Crippen LogP contribution in [0.25, 0.3) is 0 Å². The van der Waals surface area contributed by atoms with Crippen LogP contribution in [0, 0.1) is 5.92 Å². The Hall–Kier alpha value is -0.650. The number of hydrogen-bond acceptors (Lipinski definition) is 4. The number of aliphatic hydroxyl groups is 2. The van der Waals surface area contributed by atoms with Crippen LogP contribution in [0.3, 0.4) is 0 Å². The van der Waals surface area contributed by atoms with E-state index in [-0.39, 0.29) is 13.0 Å². The van der Waals surface area contributed by atoms with Crippen molar-refractivity contribution in [1.29, 1.82) is 0 Å². The van der Waals surface area contributed by atoms with Gasteiger partial charge in [0.25, 0.3) is 0 Å². The molecule has 0 aromatic carbocycles. The highest BCUT2D eigenvalue weighted by molar-refractivity contribution is 5.66. The normalized spacial score (nSPS) is 14.2. The van der Waals surface area contributed by atoms with Crippen molar-refractivity contribution < 1.29 is 24.9 Å². The molecule has 5 nitrogen and oxygen atoms in total. The Morgan fingerprint density at radius 1 is 0.706 bits per heavy atom. The molecule has 0 amide bonds. The van der Waals surface area contributed by atoms with Crippen molar-refractivity contribution in [3.63, 3.8) is 0 Å². The SMILES string of the molecule is CCCCCCC(C)CCCCCCCCCCCCC(O)C(CO)OCCCCCC(=O)O. The summed E-state index contributed by atoms with van der Waals surface area (Å²) in [5.74, 6) is 0.137. The Bertz CT molecular complexity index is 429. The first-order valence-electron chi connectivity index (χ1n) is 14.6. The van der Waals surface area contributed by atoms with Crippen LogP contribution < -0.4 is 0 Å². The van der Waals surface area contributed by atoms with Crippen LogP contribution in [-0.2, 0) is 9.53 Å². The minimum atomic E-state index is -0.770. The van der Waals surface area contributed by atoms with Gasteiger partial charge < -0.3 is 20.1 Å². The second-order valence-electron chi connectivity index (χ2n) is 10.4. The number of carboxylic acids is 1. The predicted octanol–water partition coefficient (Wildman–Crippen LogP) is 7.66. The minimum absolute atomic E-state index is 0.172. The molecule has 0 spiro atoms. The molecule has 204 valence electrons. The van der Waals surface area contributed by atoms with Gasteiger partial charge in [-0.3, -0.25) is 4.79 Å². The van der Waals surface area contributed by atoms with Crippen LogP contribution in [0.5, 0.6) is 0 Å². The zero-order valence-corrected chi connectivity index (χ0v) is 22.7. The number of aliphatic carboxylic acids is 1. The molecule has 0 aliphatic rings. The molecule has 0 bridgehead atoms.